The number of hydrogen-bond donors (Lipinski definition) is 1. The lowest BCUT2D eigenvalue weighted by Crippen LogP contribution is -2.33. The molecule has 0 fully saturated rings. The highest BCUT2D eigenvalue weighted by Gasteiger charge is 2.36. The molecule has 5 nitrogen and oxygen atoms in total. The summed E-state index contributed by atoms with van der Waals surface area (Å²) in [6, 6.07) is 5.73. The quantitative estimate of drug-likeness (QED) is 0.631. The third-order valence-corrected chi connectivity index (χ3v) is 6.93. The molecule has 0 amide bonds. The van der Waals surface area contributed by atoms with Crippen molar-refractivity contribution in [2.45, 2.75) is 39.7 Å². The first-order chi connectivity index (χ1) is 14.3. The Morgan fingerprint density at radius 2 is 2.03 bits per heavy atom. The number of benzene rings is 1. The average molecular weight is 422 g/mol. The summed E-state index contributed by atoms with van der Waals surface area (Å²) < 4.78 is 8.07. The number of nitrogens with zero attached hydrogens (tertiary/aromatic N) is 1. The summed E-state index contributed by atoms with van der Waals surface area (Å²) in [5, 5.41) is 13.7. The second kappa shape index (κ2) is 6.57. The van der Waals surface area contributed by atoms with Gasteiger partial charge < -0.3 is 14.4 Å². The number of thiophene rings is 1. The first kappa shape index (κ1) is 19.1. The van der Waals surface area contributed by atoms with E-state index in [0.29, 0.717) is 6.61 Å². The molecule has 30 heavy (non-hydrogen) atoms. The molecule has 5 rings (SSSR count). The van der Waals surface area contributed by atoms with Crippen molar-refractivity contribution in [2.24, 2.45) is 5.41 Å². The molecule has 0 bridgehead atoms. The van der Waals surface area contributed by atoms with E-state index in [2.05, 4.69) is 38.3 Å². The lowest BCUT2D eigenvalue weighted by atomic mass is 9.76. The average Bonchev–Trinajstić information content (AvgIpc) is 3.37. The van der Waals surface area contributed by atoms with Crippen molar-refractivity contribution in [1.82, 2.24) is 4.57 Å². The van der Waals surface area contributed by atoms with Gasteiger partial charge in [-0.05, 0) is 45.9 Å². The Morgan fingerprint density at radius 1 is 1.23 bits per heavy atom. The fraction of sp³-hybridized carbons (Fsp3) is 0.333. The van der Waals surface area contributed by atoms with Crippen molar-refractivity contribution in [3.8, 4) is 28.1 Å². The largest absolute Gasteiger partial charge is 0.492 e. The summed E-state index contributed by atoms with van der Waals surface area (Å²) in [5.74, 6) is -0.229. The maximum absolute atomic E-state index is 12.6. The summed E-state index contributed by atoms with van der Waals surface area (Å²) >= 11 is 1.64. The Kier molecular flexibility index (Phi) is 4.19. The molecule has 154 valence electrons. The Hall–Kier alpha value is -2.86. The van der Waals surface area contributed by atoms with E-state index in [9.17, 15) is 14.7 Å². The van der Waals surface area contributed by atoms with Gasteiger partial charge in [-0.2, -0.15) is 11.3 Å². The summed E-state index contributed by atoms with van der Waals surface area (Å²) in [7, 11) is 0. The summed E-state index contributed by atoms with van der Waals surface area (Å²) in [6.07, 6.45) is 3.17. The fourth-order valence-corrected chi connectivity index (χ4v) is 5.39. The van der Waals surface area contributed by atoms with Gasteiger partial charge in [0.1, 0.15) is 11.3 Å². The Labute approximate surface area is 178 Å². The number of rotatable bonds is 2. The predicted octanol–water partition coefficient (Wildman–Crippen LogP) is 5.02. The smallest absolute Gasteiger partial charge is 0.341 e. The fourth-order valence-electron chi connectivity index (χ4n) is 4.74. The standard InChI is InChI=1S/C24H23NO4S/c1-24(2,3)21-9-16-14-4-6-29-22(14)15(13-5-7-30-12-13)8-17(16)19-10-20(26)18(23(27)28)11-25(19)21/h5,7-8,10-12,21H,4,6,9H2,1-3H3,(H,27,28)/t21-/m0/s1. The minimum absolute atomic E-state index is 0.0374. The van der Waals surface area contributed by atoms with Crippen molar-refractivity contribution in [1.29, 1.82) is 0 Å². The normalized spacial score (nSPS) is 17.1. The van der Waals surface area contributed by atoms with E-state index >= 15 is 0 Å². The number of carboxylic acids is 1. The second-order valence-electron chi connectivity index (χ2n) is 9.10. The van der Waals surface area contributed by atoms with Gasteiger partial charge in [0, 0.05) is 41.4 Å². The molecule has 0 aliphatic carbocycles. The number of fused-ring (bicyclic) bond motifs is 5. The molecule has 0 radical (unpaired) electrons. The first-order valence-corrected chi connectivity index (χ1v) is 11.0. The van der Waals surface area contributed by atoms with E-state index in [1.165, 1.54) is 23.4 Å². The van der Waals surface area contributed by atoms with Crippen LogP contribution in [-0.2, 0) is 12.8 Å². The molecule has 0 saturated heterocycles. The van der Waals surface area contributed by atoms with Gasteiger partial charge in [0.15, 0.2) is 5.43 Å². The lowest BCUT2D eigenvalue weighted by molar-refractivity contribution is 0.0693. The van der Waals surface area contributed by atoms with Crippen LogP contribution in [0.1, 0.15) is 48.3 Å². The molecule has 0 spiro atoms. The summed E-state index contributed by atoms with van der Waals surface area (Å²) in [4.78, 5) is 24.3. The van der Waals surface area contributed by atoms with Gasteiger partial charge >= 0.3 is 5.97 Å². The Bertz CT molecular complexity index is 1230. The molecular formula is C24H23NO4S. The molecule has 2 aliphatic rings. The van der Waals surface area contributed by atoms with Crippen LogP contribution in [0.15, 0.2) is 40.0 Å². The molecule has 1 N–H and O–H groups in total. The van der Waals surface area contributed by atoms with Crippen LogP contribution in [0.25, 0.3) is 22.4 Å². The molecule has 1 atom stereocenters. The number of aromatic carboxylic acids is 1. The third-order valence-electron chi connectivity index (χ3n) is 6.25. The number of ether oxygens (including phenoxy) is 1. The number of aromatic nitrogens is 1. The van der Waals surface area contributed by atoms with Gasteiger partial charge in [0.05, 0.1) is 12.3 Å². The zero-order valence-corrected chi connectivity index (χ0v) is 18.0. The molecule has 0 unspecified atom stereocenters. The first-order valence-electron chi connectivity index (χ1n) is 10.1. The zero-order chi connectivity index (χ0) is 21.2. The van der Waals surface area contributed by atoms with E-state index in [4.69, 9.17) is 4.74 Å². The summed E-state index contributed by atoms with van der Waals surface area (Å²) in [5.41, 5.74) is 5.64. The van der Waals surface area contributed by atoms with Crippen molar-refractivity contribution >= 4 is 17.3 Å². The molecule has 1 aromatic carbocycles. The molecule has 0 saturated carbocycles. The van der Waals surface area contributed by atoms with Gasteiger partial charge in [0.2, 0.25) is 0 Å². The minimum atomic E-state index is -1.19. The number of carbonyl (C=O) groups is 1. The third kappa shape index (κ3) is 2.82. The highest BCUT2D eigenvalue weighted by molar-refractivity contribution is 7.08. The molecule has 3 aromatic rings. The SMILES string of the molecule is CC(C)(C)[C@@H]1Cc2c(cc(-c3ccsc3)c3c2CCO3)-c2cc(=O)c(C(=O)O)cn21. The van der Waals surface area contributed by atoms with Crippen molar-refractivity contribution in [2.75, 3.05) is 6.61 Å². The van der Waals surface area contributed by atoms with Gasteiger partial charge in [-0.3, -0.25) is 4.79 Å². The van der Waals surface area contributed by atoms with Gasteiger partial charge in [0.25, 0.3) is 0 Å². The molecule has 2 aromatic heterocycles. The van der Waals surface area contributed by atoms with Crippen molar-refractivity contribution in [3.63, 3.8) is 0 Å². The number of hydrogen-bond acceptors (Lipinski definition) is 4. The van der Waals surface area contributed by atoms with E-state index in [0.717, 1.165) is 41.0 Å². The van der Waals surface area contributed by atoms with Crippen LogP contribution in [0.4, 0.5) is 0 Å². The monoisotopic (exact) mass is 421 g/mol. The van der Waals surface area contributed by atoms with Crippen LogP contribution in [0.2, 0.25) is 0 Å². The highest BCUT2D eigenvalue weighted by atomic mass is 32.1. The zero-order valence-electron chi connectivity index (χ0n) is 17.2. The van der Waals surface area contributed by atoms with E-state index < -0.39 is 11.4 Å². The highest BCUT2D eigenvalue weighted by Crippen LogP contribution is 2.49. The lowest BCUT2D eigenvalue weighted by Gasteiger charge is -2.39. The van der Waals surface area contributed by atoms with E-state index in [1.54, 1.807) is 11.3 Å². The van der Waals surface area contributed by atoms with Crippen LogP contribution in [0.5, 0.6) is 5.75 Å². The van der Waals surface area contributed by atoms with E-state index in [1.807, 2.05) is 9.95 Å². The Morgan fingerprint density at radius 3 is 2.70 bits per heavy atom. The maximum atomic E-state index is 12.6. The minimum Gasteiger partial charge on any atom is -0.492 e. The van der Waals surface area contributed by atoms with Crippen molar-refractivity contribution < 1.29 is 14.6 Å². The van der Waals surface area contributed by atoms with Gasteiger partial charge in [-0.15, -0.1) is 0 Å². The van der Waals surface area contributed by atoms with Crippen LogP contribution in [0, 0.1) is 5.41 Å². The van der Waals surface area contributed by atoms with Crippen LogP contribution in [-0.4, -0.2) is 22.2 Å². The molecule has 6 heteroatoms. The van der Waals surface area contributed by atoms with Crippen molar-refractivity contribution in [3.05, 3.63) is 62.1 Å². The van der Waals surface area contributed by atoms with Crippen LogP contribution < -0.4 is 10.2 Å². The second-order valence-corrected chi connectivity index (χ2v) is 9.88. The maximum Gasteiger partial charge on any atom is 0.341 e. The van der Waals surface area contributed by atoms with Crippen LogP contribution >= 0.6 is 11.3 Å². The predicted molar refractivity (Wildman–Crippen MR) is 118 cm³/mol. The Balaban J connectivity index is 1.84. The van der Waals surface area contributed by atoms with Gasteiger partial charge in [-0.25, -0.2) is 4.79 Å². The number of carboxylic acid groups (broad SMARTS) is 1. The van der Waals surface area contributed by atoms with Gasteiger partial charge in [-0.1, -0.05) is 20.8 Å². The van der Waals surface area contributed by atoms with E-state index in [-0.39, 0.29) is 17.0 Å². The molecule has 4 heterocycles. The molecule has 2 aliphatic heterocycles. The topological polar surface area (TPSA) is 68.5 Å². The molecular weight excluding hydrogens is 398 g/mol. The van der Waals surface area contributed by atoms with Crippen LogP contribution in [0.3, 0.4) is 0 Å². The number of pyridine rings is 1. The summed E-state index contributed by atoms with van der Waals surface area (Å²) in [6.45, 7) is 7.12.